The van der Waals surface area contributed by atoms with Gasteiger partial charge >= 0.3 is 0 Å². The zero-order valence-corrected chi connectivity index (χ0v) is 14.1. The molecule has 1 saturated heterocycles. The Morgan fingerprint density at radius 2 is 1.83 bits per heavy atom. The number of piperazine rings is 1. The van der Waals surface area contributed by atoms with Gasteiger partial charge in [0.15, 0.2) is 0 Å². The minimum Gasteiger partial charge on any atom is -0.496 e. The molecule has 1 aliphatic heterocycles. The highest BCUT2D eigenvalue weighted by atomic mass is 35.5. The third-order valence-corrected chi connectivity index (χ3v) is 4.39. The maximum atomic E-state index is 13.9. The summed E-state index contributed by atoms with van der Waals surface area (Å²) < 4.78 is 19.1. The number of benzene rings is 2. The summed E-state index contributed by atoms with van der Waals surface area (Å²) in [5.74, 6) is 0.136. The van der Waals surface area contributed by atoms with E-state index in [0.29, 0.717) is 48.2 Å². The normalized spacial score (nSPS) is 14.6. The zero-order chi connectivity index (χ0) is 17.1. The number of halogens is 2. The molecule has 3 rings (SSSR count). The van der Waals surface area contributed by atoms with Gasteiger partial charge < -0.3 is 14.5 Å². The number of carbonyl (C=O) groups is 1. The molecule has 0 aromatic heterocycles. The fourth-order valence-corrected chi connectivity index (χ4v) is 3.05. The van der Waals surface area contributed by atoms with Crippen LogP contribution in [-0.2, 0) is 0 Å². The van der Waals surface area contributed by atoms with E-state index >= 15 is 0 Å². The van der Waals surface area contributed by atoms with Crippen molar-refractivity contribution in [3.63, 3.8) is 0 Å². The van der Waals surface area contributed by atoms with Crippen LogP contribution in [0.5, 0.6) is 5.75 Å². The number of hydrogen-bond donors (Lipinski definition) is 0. The maximum absolute atomic E-state index is 13.9. The molecule has 4 nitrogen and oxygen atoms in total. The predicted octanol–water partition coefficient (Wildman–Crippen LogP) is 3.45. The Labute approximate surface area is 145 Å². The molecule has 0 aliphatic carbocycles. The second kappa shape index (κ2) is 7.09. The monoisotopic (exact) mass is 348 g/mol. The Balaban J connectivity index is 1.72. The molecule has 1 heterocycles. The molecule has 0 radical (unpaired) electrons. The summed E-state index contributed by atoms with van der Waals surface area (Å²) in [6.45, 7) is 2.19. The topological polar surface area (TPSA) is 32.8 Å². The Kier molecular flexibility index (Phi) is 4.90. The Morgan fingerprint density at radius 1 is 1.12 bits per heavy atom. The molecule has 0 bridgehead atoms. The van der Waals surface area contributed by atoms with Gasteiger partial charge in [-0.25, -0.2) is 4.39 Å². The molecular weight excluding hydrogens is 331 g/mol. The molecule has 0 atom stereocenters. The van der Waals surface area contributed by atoms with E-state index in [1.54, 1.807) is 35.2 Å². The molecule has 6 heteroatoms. The van der Waals surface area contributed by atoms with Crippen LogP contribution in [0, 0.1) is 5.82 Å². The van der Waals surface area contributed by atoms with E-state index in [9.17, 15) is 9.18 Å². The lowest BCUT2D eigenvalue weighted by Crippen LogP contribution is -2.49. The number of methoxy groups -OCH3 is 1. The van der Waals surface area contributed by atoms with E-state index in [0.717, 1.165) is 0 Å². The largest absolute Gasteiger partial charge is 0.496 e. The number of amides is 1. The smallest absolute Gasteiger partial charge is 0.257 e. The Hall–Kier alpha value is -2.27. The standard InChI is InChI=1S/C18H18ClFN2O2/c1-24-17-7-6-13(19)12-14(17)18(23)22-10-8-21(9-11-22)16-5-3-2-4-15(16)20/h2-7,12H,8-11H2,1H3. The summed E-state index contributed by atoms with van der Waals surface area (Å²) in [5.41, 5.74) is 1.02. The van der Waals surface area contributed by atoms with Crippen LogP contribution in [0.3, 0.4) is 0 Å². The van der Waals surface area contributed by atoms with Gasteiger partial charge in [0, 0.05) is 31.2 Å². The van der Waals surface area contributed by atoms with Crippen LogP contribution in [0.4, 0.5) is 10.1 Å². The first-order chi connectivity index (χ1) is 11.6. The van der Waals surface area contributed by atoms with E-state index in [4.69, 9.17) is 16.3 Å². The van der Waals surface area contributed by atoms with E-state index in [1.165, 1.54) is 13.2 Å². The molecule has 1 aliphatic rings. The van der Waals surface area contributed by atoms with Crippen molar-refractivity contribution in [1.82, 2.24) is 4.90 Å². The van der Waals surface area contributed by atoms with Crippen LogP contribution < -0.4 is 9.64 Å². The first-order valence-electron chi connectivity index (χ1n) is 7.72. The van der Waals surface area contributed by atoms with Crippen molar-refractivity contribution in [1.29, 1.82) is 0 Å². The number of rotatable bonds is 3. The lowest BCUT2D eigenvalue weighted by Gasteiger charge is -2.36. The number of carbonyl (C=O) groups excluding carboxylic acids is 1. The van der Waals surface area contributed by atoms with Crippen LogP contribution in [-0.4, -0.2) is 44.1 Å². The predicted molar refractivity (Wildman–Crippen MR) is 92.5 cm³/mol. The van der Waals surface area contributed by atoms with Crippen LogP contribution in [0.2, 0.25) is 5.02 Å². The molecule has 0 N–H and O–H groups in total. The van der Waals surface area contributed by atoms with Crippen molar-refractivity contribution in [3.05, 3.63) is 58.9 Å². The minimum atomic E-state index is -0.242. The van der Waals surface area contributed by atoms with Gasteiger partial charge in [-0.1, -0.05) is 23.7 Å². The molecule has 0 saturated carbocycles. The highest BCUT2D eigenvalue weighted by molar-refractivity contribution is 6.31. The molecule has 2 aromatic rings. The summed E-state index contributed by atoms with van der Waals surface area (Å²) in [6.07, 6.45) is 0. The number of nitrogens with zero attached hydrogens (tertiary/aromatic N) is 2. The van der Waals surface area contributed by atoms with Crippen molar-refractivity contribution < 1.29 is 13.9 Å². The van der Waals surface area contributed by atoms with E-state index in [-0.39, 0.29) is 11.7 Å². The van der Waals surface area contributed by atoms with Crippen LogP contribution in [0.1, 0.15) is 10.4 Å². The van der Waals surface area contributed by atoms with Crippen LogP contribution >= 0.6 is 11.6 Å². The SMILES string of the molecule is COc1ccc(Cl)cc1C(=O)N1CCN(c2ccccc2F)CC1. The van der Waals surface area contributed by atoms with Crippen molar-refractivity contribution in [2.45, 2.75) is 0 Å². The molecular formula is C18H18ClFN2O2. The van der Waals surface area contributed by atoms with Gasteiger partial charge in [0.2, 0.25) is 0 Å². The minimum absolute atomic E-state index is 0.123. The number of para-hydroxylation sites is 1. The highest BCUT2D eigenvalue weighted by Gasteiger charge is 2.25. The summed E-state index contributed by atoms with van der Waals surface area (Å²) >= 11 is 6.00. The average molecular weight is 349 g/mol. The molecule has 1 fully saturated rings. The summed E-state index contributed by atoms with van der Waals surface area (Å²) in [7, 11) is 1.52. The third-order valence-electron chi connectivity index (χ3n) is 4.15. The fourth-order valence-electron chi connectivity index (χ4n) is 2.88. The van der Waals surface area contributed by atoms with Crippen molar-refractivity contribution >= 4 is 23.2 Å². The third kappa shape index (κ3) is 3.31. The number of ether oxygens (including phenoxy) is 1. The van der Waals surface area contributed by atoms with E-state index < -0.39 is 0 Å². The maximum Gasteiger partial charge on any atom is 0.257 e. The molecule has 0 spiro atoms. The average Bonchev–Trinajstić information content (AvgIpc) is 2.62. The fraction of sp³-hybridized carbons (Fsp3) is 0.278. The molecule has 126 valence electrons. The molecule has 1 amide bonds. The van der Waals surface area contributed by atoms with Gasteiger partial charge in [-0.2, -0.15) is 0 Å². The summed E-state index contributed by atoms with van der Waals surface area (Å²) in [6, 6.07) is 11.7. The Bertz CT molecular complexity index is 746. The number of anilines is 1. The highest BCUT2D eigenvalue weighted by Crippen LogP contribution is 2.25. The quantitative estimate of drug-likeness (QED) is 0.851. The van der Waals surface area contributed by atoms with Gasteiger partial charge in [0.05, 0.1) is 18.4 Å². The number of hydrogen-bond acceptors (Lipinski definition) is 3. The molecule has 24 heavy (non-hydrogen) atoms. The second-order valence-electron chi connectivity index (χ2n) is 5.58. The summed E-state index contributed by atoms with van der Waals surface area (Å²) in [5, 5.41) is 0.490. The molecule has 0 unspecified atom stereocenters. The van der Waals surface area contributed by atoms with Gasteiger partial charge in [0.25, 0.3) is 5.91 Å². The van der Waals surface area contributed by atoms with Crippen molar-refractivity contribution in [2.24, 2.45) is 0 Å². The Morgan fingerprint density at radius 3 is 2.50 bits per heavy atom. The lowest BCUT2D eigenvalue weighted by molar-refractivity contribution is 0.0743. The first kappa shape index (κ1) is 16.6. The van der Waals surface area contributed by atoms with Gasteiger partial charge in [-0.15, -0.1) is 0 Å². The first-order valence-corrected chi connectivity index (χ1v) is 8.10. The zero-order valence-electron chi connectivity index (χ0n) is 13.3. The van der Waals surface area contributed by atoms with Crippen molar-refractivity contribution in [2.75, 3.05) is 38.2 Å². The van der Waals surface area contributed by atoms with Gasteiger partial charge in [0.1, 0.15) is 11.6 Å². The van der Waals surface area contributed by atoms with Crippen molar-refractivity contribution in [3.8, 4) is 5.75 Å². The summed E-state index contributed by atoms with van der Waals surface area (Å²) in [4.78, 5) is 16.4. The van der Waals surface area contributed by atoms with Crippen LogP contribution in [0.25, 0.3) is 0 Å². The lowest BCUT2D eigenvalue weighted by atomic mass is 10.1. The van der Waals surface area contributed by atoms with E-state index in [2.05, 4.69) is 0 Å². The van der Waals surface area contributed by atoms with Gasteiger partial charge in [-0.05, 0) is 30.3 Å². The van der Waals surface area contributed by atoms with Crippen LogP contribution in [0.15, 0.2) is 42.5 Å². The second-order valence-corrected chi connectivity index (χ2v) is 6.01. The van der Waals surface area contributed by atoms with Gasteiger partial charge in [-0.3, -0.25) is 4.79 Å². The van der Waals surface area contributed by atoms with E-state index in [1.807, 2.05) is 11.0 Å². The molecule has 2 aromatic carbocycles.